The minimum Gasteiger partial charge on any atom is -0.490 e. The van der Waals surface area contributed by atoms with Crippen molar-refractivity contribution in [3.63, 3.8) is 0 Å². The summed E-state index contributed by atoms with van der Waals surface area (Å²) in [5.41, 5.74) is 6.79. The zero-order chi connectivity index (χ0) is 15.7. The van der Waals surface area contributed by atoms with Crippen LogP contribution in [-0.4, -0.2) is 16.8 Å². The van der Waals surface area contributed by atoms with Gasteiger partial charge in [0.25, 0.3) is 0 Å². The molecule has 0 bridgehead atoms. The minimum atomic E-state index is 0.192. The third kappa shape index (κ3) is 6.27. The Morgan fingerprint density at radius 3 is 2.67 bits per heavy atom. The third-order valence-corrected chi connectivity index (χ3v) is 4.47. The lowest BCUT2D eigenvalue weighted by Gasteiger charge is -2.19. The maximum Gasteiger partial charge on any atom is 0.131 e. The highest BCUT2D eigenvalue weighted by molar-refractivity contribution is 7.99. The number of ether oxygens (including phenoxy) is 1. The molecule has 0 spiro atoms. The van der Waals surface area contributed by atoms with E-state index in [4.69, 9.17) is 22.7 Å². The monoisotopic (exact) mass is 325 g/mol. The Kier molecular flexibility index (Phi) is 8.77. The maximum absolute atomic E-state index is 6.09. The second-order valence-corrected chi connectivity index (χ2v) is 6.95. The van der Waals surface area contributed by atoms with E-state index in [-0.39, 0.29) is 6.10 Å². The van der Waals surface area contributed by atoms with Crippen LogP contribution in [0.25, 0.3) is 0 Å². The number of thioether (sulfide) groups is 1. The predicted molar refractivity (Wildman–Crippen MR) is 97.6 cm³/mol. The molecule has 1 unspecified atom stereocenters. The van der Waals surface area contributed by atoms with Gasteiger partial charge in [0.15, 0.2) is 0 Å². The summed E-state index contributed by atoms with van der Waals surface area (Å²) >= 11 is 6.96. The van der Waals surface area contributed by atoms with E-state index in [2.05, 4.69) is 26.8 Å². The first-order chi connectivity index (χ1) is 10.1. The predicted octanol–water partition coefficient (Wildman–Crippen LogP) is 5.17. The van der Waals surface area contributed by atoms with Crippen LogP contribution in [0.4, 0.5) is 0 Å². The molecule has 1 aromatic carbocycles. The molecule has 4 heteroatoms. The van der Waals surface area contributed by atoms with Crippen molar-refractivity contribution in [2.45, 2.75) is 63.9 Å². The molecule has 0 saturated heterocycles. The Hall–Kier alpha value is -0.740. The topological polar surface area (TPSA) is 35.2 Å². The molecule has 2 N–H and O–H groups in total. The normalized spacial score (nSPS) is 12.1. The Morgan fingerprint density at radius 1 is 1.29 bits per heavy atom. The summed E-state index contributed by atoms with van der Waals surface area (Å²) in [6, 6.07) is 6.04. The third-order valence-electron chi connectivity index (χ3n) is 3.33. The van der Waals surface area contributed by atoms with Gasteiger partial charge in [-0.2, -0.15) is 0 Å². The molecule has 0 aliphatic heterocycles. The Balaban J connectivity index is 2.73. The molecule has 0 aliphatic carbocycles. The van der Waals surface area contributed by atoms with Crippen LogP contribution >= 0.6 is 24.0 Å². The lowest BCUT2D eigenvalue weighted by molar-refractivity contribution is 0.205. The number of nitrogens with two attached hydrogens (primary N) is 1. The van der Waals surface area contributed by atoms with Crippen molar-refractivity contribution in [3.8, 4) is 5.75 Å². The maximum atomic E-state index is 6.09. The molecule has 0 aliphatic rings. The van der Waals surface area contributed by atoms with Gasteiger partial charge in [-0.1, -0.05) is 51.4 Å². The second kappa shape index (κ2) is 10.1. The number of benzene rings is 1. The molecule has 0 saturated carbocycles. The van der Waals surface area contributed by atoms with Gasteiger partial charge in [0.2, 0.25) is 0 Å². The molecular formula is C17H27NOS2. The van der Waals surface area contributed by atoms with Gasteiger partial charge < -0.3 is 10.5 Å². The first-order valence-corrected chi connectivity index (χ1v) is 9.21. The number of unbranched alkanes of at least 4 members (excludes halogenated alkanes) is 3. The second-order valence-electron chi connectivity index (χ2n) is 5.20. The first-order valence-electron chi connectivity index (χ1n) is 7.82. The standard InChI is InChI=1S/C17H27NOS2/c1-4-6-7-8-10-13(3)19-14-11-9-12-15(21-5-2)16(14)17(18)20/h9,11-13H,4-8,10H2,1-3H3,(H2,18,20). The molecule has 0 aromatic heterocycles. The summed E-state index contributed by atoms with van der Waals surface area (Å²) in [4.78, 5) is 1.53. The van der Waals surface area contributed by atoms with E-state index in [0.29, 0.717) is 4.99 Å². The van der Waals surface area contributed by atoms with Gasteiger partial charge in [-0.05, 0) is 37.7 Å². The smallest absolute Gasteiger partial charge is 0.131 e. The summed E-state index contributed by atoms with van der Waals surface area (Å²) in [7, 11) is 0. The first kappa shape index (κ1) is 18.3. The van der Waals surface area contributed by atoms with Gasteiger partial charge in [-0.15, -0.1) is 11.8 Å². The average Bonchev–Trinajstić information content (AvgIpc) is 2.44. The van der Waals surface area contributed by atoms with Crippen LogP contribution in [0.3, 0.4) is 0 Å². The average molecular weight is 326 g/mol. The van der Waals surface area contributed by atoms with Crippen LogP contribution in [0, 0.1) is 0 Å². The van der Waals surface area contributed by atoms with Crippen LogP contribution < -0.4 is 10.5 Å². The molecule has 2 nitrogen and oxygen atoms in total. The van der Waals surface area contributed by atoms with E-state index in [1.54, 1.807) is 11.8 Å². The lowest BCUT2D eigenvalue weighted by atomic mass is 10.1. The van der Waals surface area contributed by atoms with Gasteiger partial charge in [-0.25, -0.2) is 0 Å². The summed E-state index contributed by atoms with van der Waals surface area (Å²) < 4.78 is 6.09. The molecular weight excluding hydrogens is 298 g/mol. The molecule has 0 amide bonds. The number of hydrogen-bond donors (Lipinski definition) is 1. The largest absolute Gasteiger partial charge is 0.490 e. The fourth-order valence-electron chi connectivity index (χ4n) is 2.26. The van der Waals surface area contributed by atoms with Crippen LogP contribution in [0.15, 0.2) is 23.1 Å². The van der Waals surface area contributed by atoms with E-state index >= 15 is 0 Å². The van der Waals surface area contributed by atoms with Crippen molar-refractivity contribution < 1.29 is 4.74 Å². The van der Waals surface area contributed by atoms with Crippen molar-refractivity contribution in [1.29, 1.82) is 0 Å². The molecule has 0 radical (unpaired) electrons. The fourth-order valence-corrected chi connectivity index (χ4v) is 3.38. The fraction of sp³-hybridized carbons (Fsp3) is 0.588. The van der Waals surface area contributed by atoms with E-state index in [9.17, 15) is 0 Å². The van der Waals surface area contributed by atoms with Crippen LogP contribution in [-0.2, 0) is 0 Å². The highest BCUT2D eigenvalue weighted by Crippen LogP contribution is 2.31. The zero-order valence-corrected chi connectivity index (χ0v) is 15.0. The number of hydrogen-bond acceptors (Lipinski definition) is 3. The molecule has 0 fully saturated rings. The van der Waals surface area contributed by atoms with Crippen molar-refractivity contribution in [1.82, 2.24) is 0 Å². The molecule has 1 atom stereocenters. The van der Waals surface area contributed by atoms with E-state index < -0.39 is 0 Å². The van der Waals surface area contributed by atoms with Crippen LogP contribution in [0.1, 0.15) is 58.4 Å². The van der Waals surface area contributed by atoms with E-state index in [1.165, 1.54) is 25.7 Å². The quantitative estimate of drug-likeness (QED) is 0.366. The van der Waals surface area contributed by atoms with Gasteiger partial charge >= 0.3 is 0 Å². The summed E-state index contributed by atoms with van der Waals surface area (Å²) in [6.45, 7) is 6.47. The van der Waals surface area contributed by atoms with Gasteiger partial charge in [0.1, 0.15) is 10.7 Å². The van der Waals surface area contributed by atoms with Crippen LogP contribution in [0.2, 0.25) is 0 Å². The molecule has 21 heavy (non-hydrogen) atoms. The van der Waals surface area contributed by atoms with Crippen LogP contribution in [0.5, 0.6) is 5.75 Å². The summed E-state index contributed by atoms with van der Waals surface area (Å²) in [5, 5.41) is 0. The number of rotatable bonds is 10. The lowest BCUT2D eigenvalue weighted by Crippen LogP contribution is -2.17. The highest BCUT2D eigenvalue weighted by atomic mass is 32.2. The van der Waals surface area contributed by atoms with Crippen molar-refractivity contribution in [2.75, 3.05) is 5.75 Å². The Bertz CT molecular complexity index is 448. The molecule has 118 valence electrons. The SMILES string of the molecule is CCCCCCC(C)Oc1cccc(SCC)c1C(N)=S. The Labute approximate surface area is 138 Å². The van der Waals surface area contributed by atoms with E-state index in [1.807, 2.05) is 12.1 Å². The minimum absolute atomic E-state index is 0.192. The van der Waals surface area contributed by atoms with Crippen molar-refractivity contribution in [3.05, 3.63) is 23.8 Å². The highest BCUT2D eigenvalue weighted by Gasteiger charge is 2.14. The van der Waals surface area contributed by atoms with Crippen molar-refractivity contribution >= 4 is 29.0 Å². The number of thiocarbonyl (C=S) groups is 1. The Morgan fingerprint density at radius 2 is 2.05 bits per heavy atom. The zero-order valence-electron chi connectivity index (χ0n) is 13.4. The van der Waals surface area contributed by atoms with Gasteiger partial charge in [0.05, 0.1) is 11.7 Å². The summed E-state index contributed by atoms with van der Waals surface area (Å²) in [5.74, 6) is 1.81. The van der Waals surface area contributed by atoms with Gasteiger partial charge in [0, 0.05) is 4.90 Å². The van der Waals surface area contributed by atoms with Gasteiger partial charge in [-0.3, -0.25) is 0 Å². The molecule has 1 rings (SSSR count). The van der Waals surface area contributed by atoms with Crippen molar-refractivity contribution in [2.24, 2.45) is 5.73 Å². The van der Waals surface area contributed by atoms with E-state index in [0.717, 1.165) is 28.4 Å². The molecule has 1 aromatic rings. The summed E-state index contributed by atoms with van der Waals surface area (Å²) in [6.07, 6.45) is 6.31. The molecule has 0 heterocycles.